The third kappa shape index (κ3) is 2.98. The lowest BCUT2D eigenvalue weighted by molar-refractivity contribution is -0.122. The summed E-state index contributed by atoms with van der Waals surface area (Å²) in [4.78, 5) is 12.0. The average Bonchev–Trinajstić information content (AvgIpc) is 3.07. The van der Waals surface area contributed by atoms with E-state index in [1.807, 2.05) is 0 Å². The number of nitrogens with one attached hydrogen (secondary N) is 2. The zero-order valence-electron chi connectivity index (χ0n) is 11.3. The van der Waals surface area contributed by atoms with E-state index in [2.05, 4.69) is 34.9 Å². The first-order valence-electron chi connectivity index (χ1n) is 7.41. The number of carbonyl (C=O) groups excluding carboxylic acids is 1. The molecule has 19 heavy (non-hydrogen) atoms. The normalized spacial score (nSPS) is 25.3. The Balaban J connectivity index is 1.50. The summed E-state index contributed by atoms with van der Waals surface area (Å²) in [6.07, 6.45) is 5.06. The molecule has 1 amide bonds. The van der Waals surface area contributed by atoms with Crippen molar-refractivity contribution in [2.75, 3.05) is 13.1 Å². The van der Waals surface area contributed by atoms with Gasteiger partial charge < -0.3 is 10.6 Å². The maximum Gasteiger partial charge on any atom is 0.220 e. The van der Waals surface area contributed by atoms with Gasteiger partial charge in [-0.25, -0.2) is 0 Å². The number of amides is 1. The molecule has 0 aromatic heterocycles. The molecule has 102 valence electrons. The Labute approximate surface area is 114 Å². The molecule has 2 aliphatic rings. The zero-order chi connectivity index (χ0) is 13.1. The molecule has 1 saturated heterocycles. The molecule has 0 saturated carbocycles. The third-order valence-corrected chi connectivity index (χ3v) is 4.41. The number of benzene rings is 1. The molecule has 3 nitrogen and oxygen atoms in total. The summed E-state index contributed by atoms with van der Waals surface area (Å²) in [5, 5.41) is 6.55. The van der Waals surface area contributed by atoms with Crippen LogP contribution >= 0.6 is 0 Å². The van der Waals surface area contributed by atoms with Crippen LogP contribution in [0.1, 0.15) is 42.9 Å². The Morgan fingerprint density at radius 3 is 3.05 bits per heavy atom. The summed E-state index contributed by atoms with van der Waals surface area (Å²) in [5.41, 5.74) is 2.71. The second-order valence-electron chi connectivity index (χ2n) is 5.76. The molecule has 1 aliphatic carbocycles. The maximum absolute atomic E-state index is 12.0. The predicted molar refractivity (Wildman–Crippen MR) is 75.9 cm³/mol. The van der Waals surface area contributed by atoms with Gasteiger partial charge in [-0.05, 0) is 55.8 Å². The van der Waals surface area contributed by atoms with Crippen molar-refractivity contribution in [1.82, 2.24) is 10.6 Å². The fourth-order valence-electron chi connectivity index (χ4n) is 3.27. The minimum Gasteiger partial charge on any atom is -0.349 e. The molecule has 1 aromatic carbocycles. The van der Waals surface area contributed by atoms with Crippen molar-refractivity contribution in [3.05, 3.63) is 35.4 Å². The number of hydrogen-bond donors (Lipinski definition) is 2. The number of rotatable bonds is 4. The lowest BCUT2D eigenvalue weighted by Gasteiger charge is -2.15. The van der Waals surface area contributed by atoms with E-state index in [0.29, 0.717) is 12.3 Å². The second-order valence-corrected chi connectivity index (χ2v) is 5.76. The highest BCUT2D eigenvalue weighted by atomic mass is 16.1. The minimum absolute atomic E-state index is 0.216. The van der Waals surface area contributed by atoms with Gasteiger partial charge in [0.2, 0.25) is 5.91 Å². The van der Waals surface area contributed by atoms with Crippen molar-refractivity contribution in [2.45, 2.75) is 38.1 Å². The quantitative estimate of drug-likeness (QED) is 0.869. The molecule has 0 bridgehead atoms. The van der Waals surface area contributed by atoms with Crippen LogP contribution in [0.3, 0.4) is 0 Å². The first-order valence-corrected chi connectivity index (χ1v) is 7.41. The van der Waals surface area contributed by atoms with Crippen LogP contribution in [0.15, 0.2) is 24.3 Å². The van der Waals surface area contributed by atoms with Crippen LogP contribution in [-0.4, -0.2) is 19.0 Å². The van der Waals surface area contributed by atoms with Gasteiger partial charge in [0.05, 0.1) is 6.04 Å². The molecule has 1 heterocycles. The summed E-state index contributed by atoms with van der Waals surface area (Å²) in [6.45, 7) is 2.20. The highest BCUT2D eigenvalue weighted by molar-refractivity contribution is 5.76. The molecule has 2 atom stereocenters. The second kappa shape index (κ2) is 5.74. The Morgan fingerprint density at radius 2 is 2.21 bits per heavy atom. The van der Waals surface area contributed by atoms with Crippen LogP contribution < -0.4 is 10.6 Å². The summed E-state index contributed by atoms with van der Waals surface area (Å²) < 4.78 is 0. The summed E-state index contributed by atoms with van der Waals surface area (Å²) in [5.74, 6) is 0.912. The molecule has 2 N–H and O–H groups in total. The standard InChI is InChI=1S/C16H22N2O/c19-16(8-5-12-9-10-17-11-12)18-15-7-6-13-3-1-2-4-14(13)15/h1-4,12,15,17H,5-11H2,(H,18,19). The monoisotopic (exact) mass is 258 g/mol. The van der Waals surface area contributed by atoms with Gasteiger partial charge in [0.25, 0.3) is 0 Å². The Morgan fingerprint density at radius 1 is 1.32 bits per heavy atom. The molecule has 1 fully saturated rings. The van der Waals surface area contributed by atoms with Crippen molar-refractivity contribution in [3.8, 4) is 0 Å². The number of fused-ring (bicyclic) bond motifs is 1. The fourth-order valence-corrected chi connectivity index (χ4v) is 3.27. The maximum atomic E-state index is 12.0. The SMILES string of the molecule is O=C(CCC1CCNC1)NC1CCc2ccccc21. The van der Waals surface area contributed by atoms with Crippen LogP contribution in [-0.2, 0) is 11.2 Å². The van der Waals surface area contributed by atoms with E-state index in [4.69, 9.17) is 0 Å². The van der Waals surface area contributed by atoms with E-state index in [1.54, 1.807) is 0 Å². The largest absolute Gasteiger partial charge is 0.349 e. The van der Waals surface area contributed by atoms with Crippen molar-refractivity contribution in [1.29, 1.82) is 0 Å². The van der Waals surface area contributed by atoms with E-state index in [-0.39, 0.29) is 11.9 Å². The molecular formula is C16H22N2O. The van der Waals surface area contributed by atoms with Gasteiger partial charge in [-0.1, -0.05) is 24.3 Å². The molecule has 3 rings (SSSR count). The van der Waals surface area contributed by atoms with E-state index in [1.165, 1.54) is 17.5 Å². The summed E-state index contributed by atoms with van der Waals surface area (Å²) in [7, 11) is 0. The van der Waals surface area contributed by atoms with Crippen LogP contribution in [0.2, 0.25) is 0 Å². The van der Waals surface area contributed by atoms with Crippen LogP contribution in [0.25, 0.3) is 0 Å². The molecular weight excluding hydrogens is 236 g/mol. The van der Waals surface area contributed by atoms with Crippen molar-refractivity contribution in [3.63, 3.8) is 0 Å². The van der Waals surface area contributed by atoms with Gasteiger partial charge >= 0.3 is 0 Å². The zero-order valence-corrected chi connectivity index (χ0v) is 11.3. The topological polar surface area (TPSA) is 41.1 Å². The Hall–Kier alpha value is -1.35. The van der Waals surface area contributed by atoms with Gasteiger partial charge in [-0.3, -0.25) is 4.79 Å². The van der Waals surface area contributed by atoms with E-state index in [9.17, 15) is 4.79 Å². The van der Waals surface area contributed by atoms with Crippen LogP contribution in [0.4, 0.5) is 0 Å². The first kappa shape index (κ1) is 12.7. The van der Waals surface area contributed by atoms with Gasteiger partial charge in [0, 0.05) is 6.42 Å². The molecule has 1 aliphatic heterocycles. The molecule has 3 heteroatoms. The molecule has 0 spiro atoms. The van der Waals surface area contributed by atoms with E-state index in [0.717, 1.165) is 32.4 Å². The number of aryl methyl sites for hydroxylation is 1. The van der Waals surface area contributed by atoms with Crippen molar-refractivity contribution in [2.24, 2.45) is 5.92 Å². The van der Waals surface area contributed by atoms with Crippen LogP contribution in [0.5, 0.6) is 0 Å². The van der Waals surface area contributed by atoms with Crippen molar-refractivity contribution >= 4 is 5.91 Å². The van der Waals surface area contributed by atoms with E-state index >= 15 is 0 Å². The molecule has 0 radical (unpaired) electrons. The Kier molecular flexibility index (Phi) is 3.83. The average molecular weight is 258 g/mol. The molecule has 2 unspecified atom stereocenters. The number of carbonyl (C=O) groups is 1. The fraction of sp³-hybridized carbons (Fsp3) is 0.562. The van der Waals surface area contributed by atoms with Gasteiger partial charge in [0.15, 0.2) is 0 Å². The third-order valence-electron chi connectivity index (χ3n) is 4.41. The van der Waals surface area contributed by atoms with Gasteiger partial charge in [0.1, 0.15) is 0 Å². The summed E-state index contributed by atoms with van der Waals surface area (Å²) in [6, 6.07) is 8.70. The smallest absolute Gasteiger partial charge is 0.220 e. The number of hydrogen-bond acceptors (Lipinski definition) is 2. The van der Waals surface area contributed by atoms with Crippen LogP contribution in [0, 0.1) is 5.92 Å². The lowest BCUT2D eigenvalue weighted by atomic mass is 10.0. The van der Waals surface area contributed by atoms with Crippen molar-refractivity contribution < 1.29 is 4.79 Å². The highest BCUT2D eigenvalue weighted by Gasteiger charge is 2.23. The lowest BCUT2D eigenvalue weighted by Crippen LogP contribution is -2.27. The molecule has 1 aromatic rings. The highest BCUT2D eigenvalue weighted by Crippen LogP contribution is 2.30. The van der Waals surface area contributed by atoms with Gasteiger partial charge in [-0.2, -0.15) is 0 Å². The van der Waals surface area contributed by atoms with E-state index < -0.39 is 0 Å². The summed E-state index contributed by atoms with van der Waals surface area (Å²) >= 11 is 0. The first-order chi connectivity index (χ1) is 9.33. The Bertz CT molecular complexity index is 452. The van der Waals surface area contributed by atoms with Gasteiger partial charge in [-0.15, -0.1) is 0 Å². The predicted octanol–water partition coefficient (Wildman–Crippen LogP) is 2.18. The minimum atomic E-state index is 0.216.